The summed E-state index contributed by atoms with van der Waals surface area (Å²) in [7, 11) is 1.10. The van der Waals surface area contributed by atoms with E-state index < -0.39 is 32.5 Å². The summed E-state index contributed by atoms with van der Waals surface area (Å²) in [4.78, 5) is 37.5. The van der Waals surface area contributed by atoms with Crippen LogP contribution < -0.4 is 4.89 Å². The molecule has 0 rings (SSSR count). The third-order valence-corrected chi connectivity index (χ3v) is 9.55. The predicted molar refractivity (Wildman–Crippen MR) is 240 cm³/mol. The van der Waals surface area contributed by atoms with Crippen LogP contribution in [0.5, 0.6) is 0 Å². The molecule has 0 saturated heterocycles. The summed E-state index contributed by atoms with van der Waals surface area (Å²) in [6.07, 6.45) is 51.5. The molecule has 0 heterocycles. The third-order valence-electron chi connectivity index (χ3n) is 8.59. The number of carbonyl (C=O) groups excluding carboxylic acids is 2. The van der Waals surface area contributed by atoms with E-state index in [4.69, 9.17) is 18.5 Å². The van der Waals surface area contributed by atoms with E-state index in [1.165, 1.54) is 25.7 Å². The Kier molecular flexibility index (Phi) is 37.3. The van der Waals surface area contributed by atoms with Gasteiger partial charge in [-0.1, -0.05) is 137 Å². The zero-order valence-corrected chi connectivity index (χ0v) is 37.8. The van der Waals surface area contributed by atoms with Crippen LogP contribution in [-0.2, 0) is 32.7 Å². The number of phosphoric acid groups is 1. The van der Waals surface area contributed by atoms with Gasteiger partial charge >= 0.3 is 11.9 Å². The van der Waals surface area contributed by atoms with Gasteiger partial charge in [-0.05, 0) is 89.9 Å². The highest BCUT2D eigenvalue weighted by Gasteiger charge is 2.21. The van der Waals surface area contributed by atoms with Crippen LogP contribution in [0.15, 0.2) is 97.2 Å². The van der Waals surface area contributed by atoms with Crippen LogP contribution >= 0.6 is 7.82 Å². The zero-order chi connectivity index (χ0) is 42.8. The first kappa shape index (κ1) is 54.9. The van der Waals surface area contributed by atoms with Gasteiger partial charge in [0.05, 0.1) is 27.7 Å². The number of nitrogens with zero attached hydrogens (tertiary/aromatic N) is 1. The molecule has 0 aromatic rings. The van der Waals surface area contributed by atoms with Crippen molar-refractivity contribution in [2.24, 2.45) is 0 Å². The van der Waals surface area contributed by atoms with Gasteiger partial charge in [-0.15, -0.1) is 0 Å². The van der Waals surface area contributed by atoms with Gasteiger partial charge < -0.3 is 27.9 Å². The first-order valence-electron chi connectivity index (χ1n) is 21.9. The molecule has 2 atom stereocenters. The molecule has 10 heteroatoms. The van der Waals surface area contributed by atoms with Gasteiger partial charge in [0.15, 0.2) is 6.10 Å². The van der Waals surface area contributed by atoms with Crippen LogP contribution in [0.2, 0.25) is 0 Å². The monoisotopic (exact) mass is 830 g/mol. The van der Waals surface area contributed by atoms with Crippen LogP contribution in [-0.4, -0.2) is 70.0 Å². The smallest absolute Gasteiger partial charge is 0.306 e. The lowest BCUT2D eigenvalue weighted by Crippen LogP contribution is -2.37. The molecule has 0 aromatic carbocycles. The number of rotatable bonds is 38. The highest BCUT2D eigenvalue weighted by Crippen LogP contribution is 2.38. The molecule has 0 amide bonds. The van der Waals surface area contributed by atoms with Crippen molar-refractivity contribution in [2.45, 2.75) is 148 Å². The van der Waals surface area contributed by atoms with Gasteiger partial charge in [-0.25, -0.2) is 0 Å². The molecule has 0 fully saturated rings. The first-order valence-corrected chi connectivity index (χ1v) is 23.4. The molecule has 0 bridgehead atoms. The maximum absolute atomic E-state index is 12.7. The Morgan fingerprint density at radius 3 is 1.50 bits per heavy atom. The Morgan fingerprint density at radius 1 is 0.552 bits per heavy atom. The second-order valence-electron chi connectivity index (χ2n) is 15.3. The molecule has 0 radical (unpaired) electrons. The zero-order valence-electron chi connectivity index (χ0n) is 36.9. The fraction of sp³-hybridized carbons (Fsp3) is 0.625. The van der Waals surface area contributed by atoms with E-state index in [2.05, 4.69) is 105 Å². The lowest BCUT2D eigenvalue weighted by atomic mass is 10.1. The molecule has 0 spiro atoms. The summed E-state index contributed by atoms with van der Waals surface area (Å²) < 4.78 is 33.8. The molecule has 0 aliphatic heterocycles. The minimum atomic E-state index is -4.65. The maximum atomic E-state index is 12.7. The van der Waals surface area contributed by atoms with E-state index in [1.54, 1.807) is 0 Å². The fourth-order valence-electron chi connectivity index (χ4n) is 5.17. The number of likely N-dealkylation sites (N-methyl/N-ethyl adjacent to an activating group) is 1. The third kappa shape index (κ3) is 42.5. The standard InChI is InChI=1S/C48H80NO8P/c1-6-8-10-12-14-16-18-20-22-24-26-28-30-32-34-36-38-40-47(50)54-44-46(45-56-58(52,53)55-43-42-49(3,4)5)57-48(51)41-39-37-35-33-31-29-27-25-23-21-19-17-15-13-11-9-7-2/h9,11,14-17,20-23,26-29,33,35,46H,6-8,10,12-13,18-19,24-25,30-32,34,36-45H2,1-5H3/b11-9+,16-14+,17-15+,22-20+,23-21+,28-26+,29-27+,35-33+/t46-/m1/s1. The number of allylic oxidation sites excluding steroid dienone is 16. The van der Waals surface area contributed by atoms with E-state index in [0.29, 0.717) is 30.3 Å². The molecule has 0 aromatic heterocycles. The summed E-state index contributed by atoms with van der Waals surface area (Å²) in [5.41, 5.74) is 0. The van der Waals surface area contributed by atoms with Crippen molar-refractivity contribution >= 4 is 19.8 Å². The van der Waals surface area contributed by atoms with Crippen molar-refractivity contribution in [1.82, 2.24) is 0 Å². The van der Waals surface area contributed by atoms with E-state index >= 15 is 0 Å². The van der Waals surface area contributed by atoms with Crippen LogP contribution in [0.4, 0.5) is 0 Å². The summed E-state index contributed by atoms with van der Waals surface area (Å²) in [5, 5.41) is 0. The molecular formula is C48H80NO8P. The van der Waals surface area contributed by atoms with Crippen LogP contribution in [0.1, 0.15) is 142 Å². The lowest BCUT2D eigenvalue weighted by molar-refractivity contribution is -0.870. The average Bonchev–Trinajstić information content (AvgIpc) is 3.17. The van der Waals surface area contributed by atoms with E-state index in [0.717, 1.165) is 70.6 Å². The van der Waals surface area contributed by atoms with Crippen molar-refractivity contribution in [3.8, 4) is 0 Å². The fourth-order valence-corrected chi connectivity index (χ4v) is 5.89. The van der Waals surface area contributed by atoms with E-state index in [1.807, 2.05) is 27.2 Å². The maximum Gasteiger partial charge on any atom is 0.306 e. The Hall–Kier alpha value is -3.07. The van der Waals surface area contributed by atoms with Crippen LogP contribution in [0.3, 0.4) is 0 Å². The van der Waals surface area contributed by atoms with Crippen molar-refractivity contribution in [1.29, 1.82) is 0 Å². The number of quaternary nitrogens is 1. The minimum Gasteiger partial charge on any atom is -0.756 e. The number of hydrogen-bond donors (Lipinski definition) is 0. The van der Waals surface area contributed by atoms with E-state index in [-0.39, 0.29) is 26.1 Å². The second-order valence-corrected chi connectivity index (χ2v) is 16.7. The number of phosphoric ester groups is 1. The van der Waals surface area contributed by atoms with Crippen molar-refractivity contribution in [3.63, 3.8) is 0 Å². The predicted octanol–water partition coefficient (Wildman–Crippen LogP) is 11.9. The van der Waals surface area contributed by atoms with Gasteiger partial charge in [-0.3, -0.25) is 14.2 Å². The minimum absolute atomic E-state index is 0.0511. The molecule has 0 saturated carbocycles. The second kappa shape index (κ2) is 39.4. The number of unbranched alkanes of at least 4 members (excludes halogenated alkanes) is 8. The van der Waals surface area contributed by atoms with Gasteiger partial charge in [0.2, 0.25) is 0 Å². The number of carbonyl (C=O) groups is 2. The summed E-state index contributed by atoms with van der Waals surface area (Å²) in [6.45, 7) is 3.96. The highest BCUT2D eigenvalue weighted by atomic mass is 31.2. The lowest BCUT2D eigenvalue weighted by Gasteiger charge is -2.28. The number of ether oxygens (including phenoxy) is 2. The topological polar surface area (TPSA) is 111 Å². The quantitative estimate of drug-likeness (QED) is 0.0199. The van der Waals surface area contributed by atoms with Gasteiger partial charge in [0, 0.05) is 12.8 Å². The summed E-state index contributed by atoms with van der Waals surface area (Å²) in [6, 6.07) is 0. The first-order chi connectivity index (χ1) is 28.0. The SMILES string of the molecule is CC/C=C/C/C=C/C/C=C/C/C=C/C/C=C/CCCC(=O)O[C@H](COC(=O)CCCCCC/C=C/C/C=C/C/C=C/CCCCC)COP(=O)([O-])OCC[N+](C)(C)C. The molecule has 0 N–H and O–H groups in total. The number of hydrogen-bond acceptors (Lipinski definition) is 8. The highest BCUT2D eigenvalue weighted by molar-refractivity contribution is 7.45. The summed E-state index contributed by atoms with van der Waals surface area (Å²) >= 11 is 0. The Bertz CT molecular complexity index is 1300. The molecule has 0 aliphatic carbocycles. The van der Waals surface area contributed by atoms with Gasteiger partial charge in [-0.2, -0.15) is 0 Å². The molecule has 0 aliphatic rings. The molecular weight excluding hydrogens is 750 g/mol. The largest absolute Gasteiger partial charge is 0.756 e. The van der Waals surface area contributed by atoms with Crippen molar-refractivity contribution < 1.29 is 42.1 Å². The molecule has 330 valence electrons. The molecule has 58 heavy (non-hydrogen) atoms. The Labute approximate surface area is 353 Å². The van der Waals surface area contributed by atoms with Crippen LogP contribution in [0, 0.1) is 0 Å². The molecule has 1 unspecified atom stereocenters. The van der Waals surface area contributed by atoms with Crippen molar-refractivity contribution in [2.75, 3.05) is 47.5 Å². The van der Waals surface area contributed by atoms with Crippen LogP contribution in [0.25, 0.3) is 0 Å². The normalized spacial score (nSPS) is 14.5. The average molecular weight is 830 g/mol. The van der Waals surface area contributed by atoms with Gasteiger partial charge in [0.25, 0.3) is 7.82 Å². The van der Waals surface area contributed by atoms with E-state index in [9.17, 15) is 19.0 Å². The Morgan fingerprint density at radius 2 is 1.00 bits per heavy atom. The van der Waals surface area contributed by atoms with Crippen molar-refractivity contribution in [3.05, 3.63) is 97.2 Å². The molecule has 9 nitrogen and oxygen atoms in total. The number of esters is 2. The Balaban J connectivity index is 4.53. The summed E-state index contributed by atoms with van der Waals surface area (Å²) in [5.74, 6) is -0.939. The van der Waals surface area contributed by atoms with Gasteiger partial charge in [0.1, 0.15) is 19.8 Å².